The smallest absolute Gasteiger partial charge is 0.260 e. The maximum absolute atomic E-state index is 12.0. The molecule has 4 N–H and O–H groups in total. The van der Waals surface area contributed by atoms with Crippen LogP contribution in [0.3, 0.4) is 0 Å². The summed E-state index contributed by atoms with van der Waals surface area (Å²) in [4.78, 5) is 3.73. The summed E-state index contributed by atoms with van der Waals surface area (Å²) in [6.07, 6.45) is 2.34. The molecule has 0 saturated heterocycles. The van der Waals surface area contributed by atoms with Crippen molar-refractivity contribution in [1.29, 1.82) is 0 Å². The molecule has 1 rings (SSSR count). The fourth-order valence-corrected chi connectivity index (χ4v) is 3.96. The summed E-state index contributed by atoms with van der Waals surface area (Å²) < 4.78 is 48.5. The number of nitrogens with zero attached hydrogens (tertiary/aromatic N) is 1. The molecule has 0 aliphatic heterocycles. The van der Waals surface area contributed by atoms with Gasteiger partial charge in [0.05, 0.1) is 11.4 Å². The van der Waals surface area contributed by atoms with Crippen LogP contribution in [0.15, 0.2) is 23.4 Å². The number of nitrogen functional groups attached to an aromatic ring is 1. The van der Waals surface area contributed by atoms with Crippen molar-refractivity contribution in [3.05, 3.63) is 18.3 Å². The zero-order valence-electron chi connectivity index (χ0n) is 10.5. The number of sulfonamides is 1. The lowest BCUT2D eigenvalue weighted by molar-refractivity contribution is 0.561. The first-order valence-electron chi connectivity index (χ1n) is 5.27. The molecule has 0 aliphatic carbocycles. The zero-order valence-corrected chi connectivity index (χ0v) is 12.1. The third-order valence-corrected chi connectivity index (χ3v) is 4.74. The number of pyridine rings is 1. The Labute approximate surface area is 112 Å². The minimum Gasteiger partial charge on any atom is -0.321 e. The highest BCUT2D eigenvalue weighted by Crippen LogP contribution is 2.16. The van der Waals surface area contributed by atoms with E-state index in [4.69, 9.17) is 5.84 Å². The number of aromatic nitrogens is 1. The molecular weight excluding hydrogens is 292 g/mol. The molecule has 0 radical (unpaired) electrons. The standard InChI is InChI=1S/C9H16N4O4S2/c1-7(6-18(2,14)15)13-19(16,17)9-8(12-10)4-3-5-11-9/h3-5,7,12-13H,6,10H2,1-2H3. The van der Waals surface area contributed by atoms with E-state index in [2.05, 4.69) is 15.1 Å². The van der Waals surface area contributed by atoms with E-state index in [1.54, 1.807) is 0 Å². The molecule has 1 atom stereocenters. The monoisotopic (exact) mass is 308 g/mol. The van der Waals surface area contributed by atoms with Gasteiger partial charge in [-0.15, -0.1) is 0 Å². The number of hydrogen-bond donors (Lipinski definition) is 3. The van der Waals surface area contributed by atoms with Crippen molar-refractivity contribution in [2.75, 3.05) is 17.4 Å². The summed E-state index contributed by atoms with van der Waals surface area (Å²) >= 11 is 0. The maximum atomic E-state index is 12.0. The van der Waals surface area contributed by atoms with Crippen molar-refractivity contribution < 1.29 is 16.8 Å². The number of hydrazine groups is 1. The summed E-state index contributed by atoms with van der Waals surface area (Å²) in [5.41, 5.74) is 2.35. The molecule has 108 valence electrons. The lowest BCUT2D eigenvalue weighted by Gasteiger charge is -2.14. The lowest BCUT2D eigenvalue weighted by atomic mass is 10.4. The molecule has 0 aliphatic rings. The molecule has 0 saturated carbocycles. The van der Waals surface area contributed by atoms with Crippen LogP contribution in [0, 0.1) is 0 Å². The fraction of sp³-hybridized carbons (Fsp3) is 0.444. The van der Waals surface area contributed by atoms with Crippen LogP contribution in [0.4, 0.5) is 5.69 Å². The number of rotatable bonds is 6. The van der Waals surface area contributed by atoms with Crippen LogP contribution < -0.4 is 16.0 Å². The van der Waals surface area contributed by atoms with E-state index < -0.39 is 25.9 Å². The van der Waals surface area contributed by atoms with Crippen LogP contribution in [0.5, 0.6) is 0 Å². The Balaban J connectivity index is 2.99. The molecule has 8 nitrogen and oxygen atoms in total. The van der Waals surface area contributed by atoms with Crippen LogP contribution in [0.1, 0.15) is 6.92 Å². The van der Waals surface area contributed by atoms with E-state index in [1.165, 1.54) is 25.3 Å². The molecule has 19 heavy (non-hydrogen) atoms. The molecule has 0 spiro atoms. The normalized spacial score (nSPS) is 14.1. The Kier molecular flexibility index (Phi) is 4.85. The van der Waals surface area contributed by atoms with Crippen molar-refractivity contribution in [3.63, 3.8) is 0 Å². The Morgan fingerprint density at radius 2 is 2.00 bits per heavy atom. The van der Waals surface area contributed by atoms with Crippen molar-refractivity contribution in [1.82, 2.24) is 9.71 Å². The predicted octanol–water partition coefficient (Wildman–Crippen LogP) is -0.921. The van der Waals surface area contributed by atoms with Gasteiger partial charge in [0.25, 0.3) is 10.0 Å². The first-order chi connectivity index (χ1) is 8.65. The largest absolute Gasteiger partial charge is 0.321 e. The Morgan fingerprint density at radius 3 is 2.53 bits per heavy atom. The highest BCUT2D eigenvalue weighted by Gasteiger charge is 2.23. The Hall–Kier alpha value is -1.23. The molecule has 1 aromatic rings. The third kappa shape index (κ3) is 4.74. The van der Waals surface area contributed by atoms with E-state index in [0.717, 1.165) is 6.26 Å². The first kappa shape index (κ1) is 15.8. The van der Waals surface area contributed by atoms with Crippen LogP contribution in [0.25, 0.3) is 0 Å². The zero-order chi connectivity index (χ0) is 14.7. The van der Waals surface area contributed by atoms with Gasteiger partial charge in [0.2, 0.25) is 0 Å². The first-order valence-corrected chi connectivity index (χ1v) is 8.82. The second kappa shape index (κ2) is 5.82. The van der Waals surface area contributed by atoms with Crippen LogP contribution in [0.2, 0.25) is 0 Å². The van der Waals surface area contributed by atoms with Crippen LogP contribution in [-0.4, -0.2) is 39.9 Å². The average molecular weight is 308 g/mol. The number of sulfone groups is 1. The van der Waals surface area contributed by atoms with Crippen molar-refractivity contribution in [2.45, 2.75) is 18.0 Å². The fourth-order valence-electron chi connectivity index (χ4n) is 1.52. The number of hydrogen-bond acceptors (Lipinski definition) is 7. The minimum atomic E-state index is -3.94. The molecular formula is C9H16N4O4S2. The highest BCUT2D eigenvalue weighted by molar-refractivity contribution is 7.91. The van der Waals surface area contributed by atoms with Crippen LogP contribution >= 0.6 is 0 Å². The van der Waals surface area contributed by atoms with Gasteiger partial charge in [-0.2, -0.15) is 0 Å². The lowest BCUT2D eigenvalue weighted by Crippen LogP contribution is -2.38. The summed E-state index contributed by atoms with van der Waals surface area (Å²) in [6, 6.07) is 2.20. The van der Waals surface area contributed by atoms with Crippen molar-refractivity contribution >= 4 is 25.5 Å². The molecule has 0 amide bonds. The maximum Gasteiger partial charge on any atom is 0.260 e. The molecule has 10 heteroatoms. The summed E-state index contributed by atoms with van der Waals surface area (Å²) in [5, 5.41) is -0.280. The van der Waals surface area contributed by atoms with Gasteiger partial charge < -0.3 is 5.43 Å². The average Bonchev–Trinajstić information content (AvgIpc) is 2.25. The molecule has 0 bridgehead atoms. The Morgan fingerprint density at radius 1 is 1.37 bits per heavy atom. The van der Waals surface area contributed by atoms with E-state index in [1.807, 2.05) is 0 Å². The van der Waals surface area contributed by atoms with Gasteiger partial charge in [-0.1, -0.05) is 0 Å². The van der Waals surface area contributed by atoms with Crippen LogP contribution in [-0.2, 0) is 19.9 Å². The van der Waals surface area contributed by atoms with E-state index in [-0.39, 0.29) is 16.5 Å². The quantitative estimate of drug-likeness (QED) is 0.457. The Bertz CT molecular complexity index is 642. The van der Waals surface area contributed by atoms with E-state index >= 15 is 0 Å². The molecule has 1 aromatic heterocycles. The number of nitrogens with one attached hydrogen (secondary N) is 2. The predicted molar refractivity (Wildman–Crippen MR) is 71.5 cm³/mol. The summed E-state index contributed by atoms with van der Waals surface area (Å²) in [6.45, 7) is 1.46. The van der Waals surface area contributed by atoms with E-state index in [0.29, 0.717) is 0 Å². The molecule has 0 fully saturated rings. The van der Waals surface area contributed by atoms with Crippen molar-refractivity contribution in [3.8, 4) is 0 Å². The van der Waals surface area contributed by atoms with Gasteiger partial charge in [-0.3, -0.25) is 5.84 Å². The van der Waals surface area contributed by atoms with Gasteiger partial charge in [0.15, 0.2) is 5.03 Å². The third-order valence-electron chi connectivity index (χ3n) is 2.09. The summed E-state index contributed by atoms with van der Waals surface area (Å²) in [5.74, 6) is 4.90. The molecule has 1 unspecified atom stereocenters. The van der Waals surface area contributed by atoms with Gasteiger partial charge in [-0.25, -0.2) is 26.5 Å². The second-order valence-electron chi connectivity index (χ2n) is 4.12. The topological polar surface area (TPSA) is 131 Å². The van der Waals surface area contributed by atoms with Crippen molar-refractivity contribution in [2.24, 2.45) is 5.84 Å². The number of anilines is 1. The van der Waals surface area contributed by atoms with Gasteiger partial charge in [0, 0.05) is 18.5 Å². The van der Waals surface area contributed by atoms with Gasteiger partial charge in [-0.05, 0) is 19.1 Å². The van der Waals surface area contributed by atoms with Gasteiger partial charge >= 0.3 is 0 Å². The SMILES string of the molecule is CC(CS(C)(=O)=O)NS(=O)(=O)c1ncccc1NN. The van der Waals surface area contributed by atoms with Gasteiger partial charge in [0.1, 0.15) is 9.84 Å². The molecule has 1 heterocycles. The molecule has 0 aromatic carbocycles. The second-order valence-corrected chi connectivity index (χ2v) is 7.93. The number of nitrogens with two attached hydrogens (primary N) is 1. The van der Waals surface area contributed by atoms with E-state index in [9.17, 15) is 16.8 Å². The minimum absolute atomic E-state index is 0.126. The highest BCUT2D eigenvalue weighted by atomic mass is 32.2. The summed E-state index contributed by atoms with van der Waals surface area (Å²) in [7, 11) is -7.22.